The molecule has 0 aromatic heterocycles. The van der Waals surface area contributed by atoms with Crippen molar-refractivity contribution in [2.75, 3.05) is 12.3 Å². The summed E-state index contributed by atoms with van der Waals surface area (Å²) in [4.78, 5) is 0.137. The van der Waals surface area contributed by atoms with E-state index in [0.29, 0.717) is 18.0 Å². The lowest BCUT2D eigenvalue weighted by Gasteiger charge is -2.20. The van der Waals surface area contributed by atoms with E-state index in [9.17, 15) is 8.42 Å². The standard InChI is InChI=1S/C12H20N2O3S/c1-5-17-11-7-6-9(8-10(11)13)18(15,16)14-12(2,3)4/h6-8,14H,5,13H2,1-4H3. The summed E-state index contributed by atoms with van der Waals surface area (Å²) >= 11 is 0. The average molecular weight is 272 g/mol. The van der Waals surface area contributed by atoms with Gasteiger partial charge in [0.05, 0.1) is 17.2 Å². The van der Waals surface area contributed by atoms with Crippen molar-refractivity contribution in [2.24, 2.45) is 0 Å². The molecule has 0 spiro atoms. The maximum absolute atomic E-state index is 12.1. The van der Waals surface area contributed by atoms with E-state index >= 15 is 0 Å². The number of nitrogens with two attached hydrogens (primary N) is 1. The summed E-state index contributed by atoms with van der Waals surface area (Å²) in [5.41, 5.74) is 5.53. The summed E-state index contributed by atoms with van der Waals surface area (Å²) in [7, 11) is -3.56. The molecule has 0 aliphatic carbocycles. The molecule has 0 atom stereocenters. The van der Waals surface area contributed by atoms with Gasteiger partial charge < -0.3 is 10.5 Å². The van der Waals surface area contributed by atoms with Crippen LogP contribution in [-0.4, -0.2) is 20.6 Å². The summed E-state index contributed by atoms with van der Waals surface area (Å²) in [5.74, 6) is 0.493. The highest BCUT2D eigenvalue weighted by molar-refractivity contribution is 7.89. The quantitative estimate of drug-likeness (QED) is 0.818. The third-order valence-electron chi connectivity index (χ3n) is 2.03. The molecule has 18 heavy (non-hydrogen) atoms. The minimum atomic E-state index is -3.56. The van der Waals surface area contributed by atoms with Crippen LogP contribution < -0.4 is 15.2 Å². The number of hydrogen-bond acceptors (Lipinski definition) is 4. The lowest BCUT2D eigenvalue weighted by atomic mass is 10.1. The van der Waals surface area contributed by atoms with Crippen molar-refractivity contribution in [2.45, 2.75) is 38.1 Å². The van der Waals surface area contributed by atoms with Gasteiger partial charge in [0.15, 0.2) is 0 Å². The lowest BCUT2D eigenvalue weighted by Crippen LogP contribution is -2.40. The van der Waals surface area contributed by atoms with Crippen LogP contribution in [-0.2, 0) is 10.0 Å². The zero-order valence-electron chi connectivity index (χ0n) is 11.1. The largest absolute Gasteiger partial charge is 0.492 e. The fraction of sp³-hybridized carbons (Fsp3) is 0.500. The molecule has 0 aliphatic rings. The van der Waals surface area contributed by atoms with Crippen molar-refractivity contribution in [1.82, 2.24) is 4.72 Å². The normalized spacial score (nSPS) is 12.4. The molecule has 0 heterocycles. The highest BCUT2D eigenvalue weighted by Gasteiger charge is 2.22. The molecule has 1 aromatic carbocycles. The van der Waals surface area contributed by atoms with Gasteiger partial charge in [-0.3, -0.25) is 0 Å². The zero-order chi connectivity index (χ0) is 14.0. The number of nitrogens with one attached hydrogen (secondary N) is 1. The summed E-state index contributed by atoms with van der Waals surface area (Å²) in [6.45, 7) is 7.66. The van der Waals surface area contributed by atoms with E-state index in [2.05, 4.69) is 4.72 Å². The van der Waals surface area contributed by atoms with Crippen LogP contribution in [0.3, 0.4) is 0 Å². The molecule has 0 amide bonds. The molecular formula is C12H20N2O3S. The highest BCUT2D eigenvalue weighted by atomic mass is 32.2. The fourth-order valence-corrected chi connectivity index (χ4v) is 2.90. The van der Waals surface area contributed by atoms with Gasteiger partial charge in [-0.15, -0.1) is 0 Å². The molecule has 1 rings (SSSR count). The SMILES string of the molecule is CCOc1ccc(S(=O)(=O)NC(C)(C)C)cc1N. The van der Waals surface area contributed by atoms with Crippen LogP contribution >= 0.6 is 0 Å². The second-order valence-electron chi connectivity index (χ2n) is 4.99. The van der Waals surface area contributed by atoms with Crippen molar-refractivity contribution in [1.29, 1.82) is 0 Å². The van der Waals surface area contributed by atoms with Crippen molar-refractivity contribution in [3.63, 3.8) is 0 Å². The monoisotopic (exact) mass is 272 g/mol. The zero-order valence-corrected chi connectivity index (χ0v) is 12.0. The van der Waals surface area contributed by atoms with E-state index < -0.39 is 15.6 Å². The van der Waals surface area contributed by atoms with Gasteiger partial charge in [-0.2, -0.15) is 0 Å². The summed E-state index contributed by atoms with van der Waals surface area (Å²) in [5, 5.41) is 0. The number of nitrogen functional groups attached to an aromatic ring is 1. The van der Waals surface area contributed by atoms with Crippen LogP contribution in [0.1, 0.15) is 27.7 Å². The van der Waals surface area contributed by atoms with Crippen molar-refractivity contribution < 1.29 is 13.2 Å². The molecule has 0 unspecified atom stereocenters. The lowest BCUT2D eigenvalue weighted by molar-refractivity contribution is 0.342. The van der Waals surface area contributed by atoms with Gasteiger partial charge >= 0.3 is 0 Å². The van der Waals surface area contributed by atoms with Gasteiger partial charge in [0, 0.05) is 5.54 Å². The Balaban J connectivity index is 3.08. The Hall–Kier alpha value is -1.27. The van der Waals surface area contributed by atoms with E-state index in [1.54, 1.807) is 26.8 Å². The third-order valence-corrected chi connectivity index (χ3v) is 3.79. The van der Waals surface area contributed by atoms with E-state index in [0.717, 1.165) is 0 Å². The number of anilines is 1. The molecular weight excluding hydrogens is 252 g/mol. The van der Waals surface area contributed by atoms with Crippen molar-refractivity contribution >= 4 is 15.7 Å². The average Bonchev–Trinajstić information content (AvgIpc) is 2.17. The topological polar surface area (TPSA) is 81.4 Å². The minimum Gasteiger partial charge on any atom is -0.492 e. The number of benzene rings is 1. The smallest absolute Gasteiger partial charge is 0.241 e. The van der Waals surface area contributed by atoms with Gasteiger partial charge in [-0.25, -0.2) is 13.1 Å². The van der Waals surface area contributed by atoms with E-state index in [-0.39, 0.29) is 4.90 Å². The molecule has 1 aromatic rings. The molecule has 5 nitrogen and oxygen atoms in total. The Bertz CT molecular complexity index is 519. The van der Waals surface area contributed by atoms with Gasteiger partial charge in [0.2, 0.25) is 10.0 Å². The number of rotatable bonds is 4. The first-order valence-electron chi connectivity index (χ1n) is 5.72. The number of ether oxygens (including phenoxy) is 1. The second kappa shape index (κ2) is 5.16. The minimum absolute atomic E-state index is 0.137. The van der Waals surface area contributed by atoms with Crippen LogP contribution in [0.15, 0.2) is 23.1 Å². The third kappa shape index (κ3) is 3.89. The van der Waals surface area contributed by atoms with Crippen LogP contribution in [0.5, 0.6) is 5.75 Å². The molecule has 102 valence electrons. The fourth-order valence-electron chi connectivity index (χ4n) is 1.44. The van der Waals surface area contributed by atoms with Gasteiger partial charge in [0.25, 0.3) is 0 Å². The molecule has 0 aliphatic heterocycles. The number of hydrogen-bond donors (Lipinski definition) is 2. The van der Waals surface area contributed by atoms with Crippen molar-refractivity contribution in [3.05, 3.63) is 18.2 Å². The van der Waals surface area contributed by atoms with E-state index in [1.165, 1.54) is 12.1 Å². The highest BCUT2D eigenvalue weighted by Crippen LogP contribution is 2.25. The predicted octanol–water partition coefficient (Wildman–Crippen LogP) is 1.74. The Labute approximate surface area is 108 Å². The van der Waals surface area contributed by atoms with Crippen molar-refractivity contribution in [3.8, 4) is 5.75 Å². The molecule has 0 radical (unpaired) electrons. The molecule has 0 saturated heterocycles. The van der Waals surface area contributed by atoms with Gasteiger partial charge in [-0.1, -0.05) is 0 Å². The maximum Gasteiger partial charge on any atom is 0.241 e. The first kappa shape index (κ1) is 14.8. The van der Waals surface area contributed by atoms with Gasteiger partial charge in [-0.05, 0) is 45.9 Å². The molecule has 0 saturated carbocycles. The Morgan fingerprint density at radius 1 is 1.33 bits per heavy atom. The van der Waals surface area contributed by atoms with Crippen LogP contribution in [0.2, 0.25) is 0 Å². The summed E-state index contributed by atoms with van der Waals surface area (Å²) in [6.07, 6.45) is 0. The van der Waals surface area contributed by atoms with Crippen LogP contribution in [0.4, 0.5) is 5.69 Å². The van der Waals surface area contributed by atoms with Gasteiger partial charge in [0.1, 0.15) is 5.75 Å². The maximum atomic E-state index is 12.1. The van der Waals surface area contributed by atoms with Crippen LogP contribution in [0, 0.1) is 0 Å². The Kier molecular flexibility index (Phi) is 4.24. The summed E-state index contributed by atoms with van der Waals surface area (Å²) in [6, 6.07) is 4.45. The predicted molar refractivity (Wildman–Crippen MR) is 72.1 cm³/mol. The molecule has 0 fully saturated rings. The molecule has 0 bridgehead atoms. The molecule has 3 N–H and O–H groups in total. The van der Waals surface area contributed by atoms with E-state index in [4.69, 9.17) is 10.5 Å². The first-order chi connectivity index (χ1) is 8.15. The van der Waals surface area contributed by atoms with Crippen LogP contribution in [0.25, 0.3) is 0 Å². The second-order valence-corrected chi connectivity index (χ2v) is 6.67. The molecule has 6 heteroatoms. The van der Waals surface area contributed by atoms with E-state index in [1.807, 2.05) is 6.92 Å². The summed E-state index contributed by atoms with van der Waals surface area (Å²) < 4.78 is 32.0. The Morgan fingerprint density at radius 2 is 1.94 bits per heavy atom. The Morgan fingerprint density at radius 3 is 2.39 bits per heavy atom. The number of sulfonamides is 1. The first-order valence-corrected chi connectivity index (χ1v) is 7.20.